The van der Waals surface area contributed by atoms with E-state index in [0.29, 0.717) is 17.6 Å². The number of pyridine rings is 2. The van der Waals surface area contributed by atoms with Gasteiger partial charge < -0.3 is 4.74 Å². The summed E-state index contributed by atoms with van der Waals surface area (Å²) in [5.74, 6) is 1.92. The van der Waals surface area contributed by atoms with Crippen molar-refractivity contribution in [2.75, 3.05) is 31.1 Å². The summed E-state index contributed by atoms with van der Waals surface area (Å²) in [5, 5.41) is 0.505. The fourth-order valence-corrected chi connectivity index (χ4v) is 2.66. The van der Waals surface area contributed by atoms with Crippen molar-refractivity contribution in [3.8, 4) is 5.88 Å². The molecule has 3 nitrogen and oxygen atoms in total. The fraction of sp³-hybridized carbons (Fsp3) is 0.412. The minimum atomic E-state index is -0.541. The second kappa shape index (κ2) is 7.34. The van der Waals surface area contributed by atoms with Gasteiger partial charge in [-0.3, -0.25) is 0 Å². The van der Waals surface area contributed by atoms with Gasteiger partial charge in [-0.05, 0) is 36.5 Å². The Balaban J connectivity index is 2.05. The molecular weight excluding hydrogens is 316 g/mol. The van der Waals surface area contributed by atoms with Crippen molar-refractivity contribution in [1.29, 1.82) is 0 Å². The molecule has 0 bridgehead atoms. The van der Waals surface area contributed by atoms with Crippen molar-refractivity contribution < 1.29 is 4.74 Å². The summed E-state index contributed by atoms with van der Waals surface area (Å²) in [6, 6.07) is 9.70. The molecule has 2 aromatic heterocycles. The molecule has 2 aromatic rings. The van der Waals surface area contributed by atoms with E-state index in [-0.39, 0.29) is 5.92 Å². The molecule has 0 N–H and O–H groups in total. The predicted octanol–water partition coefficient (Wildman–Crippen LogP) is 4.35. The minimum absolute atomic E-state index is 0.154. The standard InChI is InChI=1S/C17H23ClN2OS/c1-13(14-8-9-16(18)19-12-14)15-6-5-7-17(20-15)21-10-11-22(2,3)4/h5-9,12-13H,10-11H2,1-4H3. The van der Waals surface area contributed by atoms with E-state index in [4.69, 9.17) is 16.3 Å². The van der Waals surface area contributed by atoms with Crippen molar-refractivity contribution in [2.45, 2.75) is 12.8 Å². The van der Waals surface area contributed by atoms with Crippen LogP contribution in [0, 0.1) is 0 Å². The van der Waals surface area contributed by atoms with Crippen molar-refractivity contribution in [2.24, 2.45) is 0 Å². The number of halogens is 1. The molecule has 0 aliphatic heterocycles. The monoisotopic (exact) mass is 338 g/mol. The normalized spacial score (nSPS) is 13.7. The molecule has 0 radical (unpaired) electrons. The summed E-state index contributed by atoms with van der Waals surface area (Å²) in [7, 11) is -0.541. The fourth-order valence-electron chi connectivity index (χ4n) is 1.96. The predicted molar refractivity (Wildman–Crippen MR) is 96.7 cm³/mol. The van der Waals surface area contributed by atoms with Crippen LogP contribution >= 0.6 is 21.6 Å². The molecule has 120 valence electrons. The SMILES string of the molecule is CC(c1ccc(Cl)nc1)c1cccc(OCCS(C)(C)C)n1. The summed E-state index contributed by atoms with van der Waals surface area (Å²) < 4.78 is 5.80. The van der Waals surface area contributed by atoms with Crippen LogP contribution < -0.4 is 4.74 Å². The average Bonchev–Trinajstić information content (AvgIpc) is 2.46. The zero-order valence-electron chi connectivity index (χ0n) is 13.5. The molecule has 22 heavy (non-hydrogen) atoms. The molecule has 0 fully saturated rings. The van der Waals surface area contributed by atoms with E-state index >= 15 is 0 Å². The second-order valence-corrected chi connectivity index (χ2v) is 11.2. The number of nitrogens with zero attached hydrogens (tertiary/aromatic N) is 2. The van der Waals surface area contributed by atoms with Gasteiger partial charge in [0.05, 0.1) is 12.3 Å². The van der Waals surface area contributed by atoms with Crippen LogP contribution in [0.25, 0.3) is 0 Å². The van der Waals surface area contributed by atoms with Gasteiger partial charge in [0.15, 0.2) is 0 Å². The van der Waals surface area contributed by atoms with Gasteiger partial charge in [-0.25, -0.2) is 20.0 Å². The summed E-state index contributed by atoms with van der Waals surface area (Å²) >= 11 is 5.84. The lowest BCUT2D eigenvalue weighted by Gasteiger charge is -2.24. The Labute approximate surface area is 139 Å². The molecule has 0 amide bonds. The molecule has 0 aliphatic carbocycles. The first-order chi connectivity index (χ1) is 10.3. The molecule has 5 heteroatoms. The zero-order chi connectivity index (χ0) is 16.2. The highest BCUT2D eigenvalue weighted by Gasteiger charge is 2.12. The van der Waals surface area contributed by atoms with Crippen LogP contribution in [0.2, 0.25) is 5.15 Å². The van der Waals surface area contributed by atoms with Crippen LogP contribution in [-0.4, -0.2) is 41.1 Å². The van der Waals surface area contributed by atoms with Crippen LogP contribution in [0.15, 0.2) is 36.5 Å². The van der Waals surface area contributed by atoms with Crippen LogP contribution in [-0.2, 0) is 0 Å². The third-order valence-corrected chi connectivity index (χ3v) is 5.00. The molecule has 1 unspecified atom stereocenters. The second-order valence-electron chi connectivity index (χ2n) is 6.18. The topological polar surface area (TPSA) is 35.0 Å². The van der Waals surface area contributed by atoms with Crippen molar-refractivity contribution in [3.05, 3.63) is 52.9 Å². The van der Waals surface area contributed by atoms with Crippen molar-refractivity contribution in [3.63, 3.8) is 0 Å². The van der Waals surface area contributed by atoms with Gasteiger partial charge in [0.1, 0.15) is 5.15 Å². The van der Waals surface area contributed by atoms with Gasteiger partial charge in [0.2, 0.25) is 5.88 Å². The number of aromatic nitrogens is 2. The van der Waals surface area contributed by atoms with E-state index in [9.17, 15) is 0 Å². The number of hydrogen-bond donors (Lipinski definition) is 0. The lowest BCUT2D eigenvalue weighted by molar-refractivity contribution is 0.328. The highest BCUT2D eigenvalue weighted by atomic mass is 35.5. The van der Waals surface area contributed by atoms with E-state index in [1.165, 1.54) is 0 Å². The molecular formula is C17H23ClN2OS. The molecule has 2 rings (SSSR count). The van der Waals surface area contributed by atoms with Crippen molar-refractivity contribution >= 4 is 21.6 Å². The van der Waals surface area contributed by atoms with Crippen LogP contribution in [0.1, 0.15) is 24.1 Å². The Bertz CT molecular complexity index is 611. The molecule has 1 atom stereocenters. The molecule has 0 spiro atoms. The average molecular weight is 339 g/mol. The number of rotatable bonds is 6. The Kier molecular flexibility index (Phi) is 5.70. The van der Waals surface area contributed by atoms with Crippen LogP contribution in [0.5, 0.6) is 5.88 Å². The van der Waals surface area contributed by atoms with Crippen molar-refractivity contribution in [1.82, 2.24) is 9.97 Å². The Morgan fingerprint density at radius 3 is 2.59 bits per heavy atom. The van der Waals surface area contributed by atoms with E-state index in [0.717, 1.165) is 17.0 Å². The van der Waals surface area contributed by atoms with E-state index < -0.39 is 10.0 Å². The van der Waals surface area contributed by atoms with Gasteiger partial charge >= 0.3 is 0 Å². The maximum atomic E-state index is 5.84. The first kappa shape index (κ1) is 17.1. The summed E-state index contributed by atoms with van der Waals surface area (Å²) in [5.41, 5.74) is 2.07. The van der Waals surface area contributed by atoms with Gasteiger partial charge in [-0.1, -0.05) is 30.7 Å². The molecule has 2 heterocycles. The van der Waals surface area contributed by atoms with E-state index in [1.807, 2.05) is 24.3 Å². The van der Waals surface area contributed by atoms with Gasteiger partial charge in [-0.15, -0.1) is 0 Å². The third kappa shape index (κ3) is 5.18. The first-order valence-electron chi connectivity index (χ1n) is 7.22. The summed E-state index contributed by atoms with van der Waals surface area (Å²) in [4.78, 5) is 8.75. The molecule has 0 aliphatic rings. The molecule has 0 saturated carbocycles. The minimum Gasteiger partial charge on any atom is -0.477 e. The third-order valence-electron chi connectivity index (χ3n) is 3.38. The number of hydrogen-bond acceptors (Lipinski definition) is 3. The van der Waals surface area contributed by atoms with Gasteiger partial charge in [0, 0.05) is 23.9 Å². The summed E-state index contributed by atoms with van der Waals surface area (Å²) in [6.07, 6.45) is 8.66. The highest BCUT2D eigenvalue weighted by molar-refractivity contribution is 8.32. The summed E-state index contributed by atoms with van der Waals surface area (Å²) in [6.45, 7) is 2.82. The Hall–Kier alpha value is -1.26. The lowest BCUT2D eigenvalue weighted by atomic mass is 9.99. The maximum Gasteiger partial charge on any atom is 0.213 e. The smallest absolute Gasteiger partial charge is 0.213 e. The van der Waals surface area contributed by atoms with Gasteiger partial charge in [0.25, 0.3) is 0 Å². The first-order valence-corrected chi connectivity index (χ1v) is 10.6. The van der Waals surface area contributed by atoms with Crippen LogP contribution in [0.4, 0.5) is 0 Å². The lowest BCUT2D eigenvalue weighted by Crippen LogP contribution is -2.10. The Morgan fingerprint density at radius 2 is 1.95 bits per heavy atom. The molecule has 0 aromatic carbocycles. The Morgan fingerprint density at radius 1 is 1.18 bits per heavy atom. The van der Waals surface area contributed by atoms with Gasteiger partial charge in [-0.2, -0.15) is 0 Å². The zero-order valence-corrected chi connectivity index (χ0v) is 15.1. The van der Waals surface area contributed by atoms with Crippen LogP contribution in [0.3, 0.4) is 0 Å². The quantitative estimate of drug-likeness (QED) is 0.734. The largest absolute Gasteiger partial charge is 0.477 e. The van der Waals surface area contributed by atoms with E-state index in [1.54, 1.807) is 12.3 Å². The maximum absolute atomic E-state index is 5.84. The highest BCUT2D eigenvalue weighted by Crippen LogP contribution is 2.33. The number of ether oxygens (including phenoxy) is 1. The van der Waals surface area contributed by atoms with E-state index in [2.05, 4.69) is 35.7 Å². The molecule has 0 saturated heterocycles.